The topological polar surface area (TPSA) is 102 Å². The van der Waals surface area contributed by atoms with Gasteiger partial charge in [-0.25, -0.2) is 8.78 Å². The maximum absolute atomic E-state index is 13.1. The maximum atomic E-state index is 13.1. The molecule has 2 amide bonds. The normalized spacial score (nSPS) is 10.5. The van der Waals surface area contributed by atoms with Gasteiger partial charge in [0.15, 0.2) is 18.2 Å². The molecule has 29 heavy (non-hydrogen) atoms. The number of hydrogen-bond acceptors (Lipinski definition) is 5. The Morgan fingerprint density at radius 1 is 1.14 bits per heavy atom. The first-order chi connectivity index (χ1) is 13.7. The summed E-state index contributed by atoms with van der Waals surface area (Å²) in [6.45, 7) is 2.82. The average Bonchev–Trinajstić information content (AvgIpc) is 2.91. The molecule has 0 bridgehead atoms. The van der Waals surface area contributed by atoms with Crippen molar-refractivity contribution in [3.63, 3.8) is 0 Å². The van der Waals surface area contributed by atoms with Crippen LogP contribution in [0.5, 0.6) is 0 Å². The molecule has 2 rings (SSSR count). The van der Waals surface area contributed by atoms with Gasteiger partial charge in [-0.15, -0.1) is 0 Å². The van der Waals surface area contributed by atoms with Crippen LogP contribution in [0.1, 0.15) is 23.4 Å². The van der Waals surface area contributed by atoms with E-state index < -0.39 is 42.6 Å². The van der Waals surface area contributed by atoms with Gasteiger partial charge >= 0.3 is 5.97 Å². The highest BCUT2D eigenvalue weighted by molar-refractivity contribution is 5.94. The summed E-state index contributed by atoms with van der Waals surface area (Å²) in [7, 11) is 1.82. The standard InChI is InChI=1S/C19H22F2N4O4/c1-11-14(12(2)25(3)24-11)5-7-19(28)29-10-18(27)22-9-17(26)23-13-4-6-15(20)16(21)8-13/h4,6,8H,5,7,9-10H2,1-3H3,(H,22,27)(H,23,26). The Labute approximate surface area is 166 Å². The van der Waals surface area contributed by atoms with Crippen LogP contribution in [0, 0.1) is 25.5 Å². The van der Waals surface area contributed by atoms with Crippen LogP contribution in [-0.4, -0.2) is 40.7 Å². The van der Waals surface area contributed by atoms with Gasteiger partial charge in [-0.1, -0.05) is 0 Å². The molecule has 2 N–H and O–H groups in total. The number of nitrogens with one attached hydrogen (secondary N) is 2. The fourth-order valence-corrected chi connectivity index (χ4v) is 2.63. The number of halogens is 2. The van der Waals surface area contributed by atoms with Gasteiger partial charge in [0.1, 0.15) is 0 Å². The number of hydrogen-bond donors (Lipinski definition) is 2. The number of aromatic nitrogens is 2. The Hall–Kier alpha value is -3.30. The van der Waals surface area contributed by atoms with Crippen molar-refractivity contribution < 1.29 is 27.9 Å². The lowest BCUT2D eigenvalue weighted by Gasteiger charge is -2.08. The van der Waals surface area contributed by atoms with Gasteiger partial charge < -0.3 is 15.4 Å². The molecule has 0 radical (unpaired) electrons. The molecule has 1 aromatic carbocycles. The van der Waals surface area contributed by atoms with Crippen LogP contribution in [0.2, 0.25) is 0 Å². The van der Waals surface area contributed by atoms with E-state index in [9.17, 15) is 23.2 Å². The van der Waals surface area contributed by atoms with Crippen LogP contribution in [0.4, 0.5) is 14.5 Å². The van der Waals surface area contributed by atoms with E-state index in [2.05, 4.69) is 15.7 Å². The van der Waals surface area contributed by atoms with E-state index in [-0.39, 0.29) is 12.1 Å². The molecule has 0 saturated carbocycles. The number of carbonyl (C=O) groups is 3. The molecule has 0 fully saturated rings. The summed E-state index contributed by atoms with van der Waals surface area (Å²) in [5.41, 5.74) is 2.81. The molecule has 8 nitrogen and oxygen atoms in total. The summed E-state index contributed by atoms with van der Waals surface area (Å²) < 4.78 is 32.6. The molecular formula is C19H22F2N4O4. The Kier molecular flexibility index (Phi) is 7.40. The minimum atomic E-state index is -1.10. The highest BCUT2D eigenvalue weighted by atomic mass is 19.2. The largest absolute Gasteiger partial charge is 0.456 e. The Morgan fingerprint density at radius 3 is 2.48 bits per heavy atom. The Morgan fingerprint density at radius 2 is 1.86 bits per heavy atom. The lowest BCUT2D eigenvalue weighted by Crippen LogP contribution is -2.35. The van der Waals surface area contributed by atoms with E-state index in [0.29, 0.717) is 6.42 Å². The maximum Gasteiger partial charge on any atom is 0.306 e. The van der Waals surface area contributed by atoms with Crippen molar-refractivity contribution in [1.29, 1.82) is 0 Å². The lowest BCUT2D eigenvalue weighted by molar-refractivity contribution is -0.148. The molecule has 0 aliphatic rings. The number of nitrogens with zero attached hydrogens (tertiary/aromatic N) is 2. The third-order valence-electron chi connectivity index (χ3n) is 4.25. The van der Waals surface area contributed by atoms with Crippen molar-refractivity contribution >= 4 is 23.5 Å². The van der Waals surface area contributed by atoms with E-state index in [1.807, 2.05) is 20.9 Å². The third-order valence-corrected chi connectivity index (χ3v) is 4.25. The zero-order valence-corrected chi connectivity index (χ0v) is 16.3. The molecule has 156 valence electrons. The van der Waals surface area contributed by atoms with E-state index in [1.165, 1.54) is 6.07 Å². The molecule has 0 atom stereocenters. The second kappa shape index (κ2) is 9.76. The van der Waals surface area contributed by atoms with Crippen LogP contribution in [-0.2, 0) is 32.6 Å². The third kappa shape index (κ3) is 6.37. The quantitative estimate of drug-likeness (QED) is 0.646. The average molecular weight is 408 g/mol. The number of ether oxygens (including phenoxy) is 1. The lowest BCUT2D eigenvalue weighted by atomic mass is 10.1. The molecule has 0 spiro atoms. The van der Waals surface area contributed by atoms with Crippen molar-refractivity contribution in [3.8, 4) is 0 Å². The zero-order valence-electron chi connectivity index (χ0n) is 16.3. The second-order valence-electron chi connectivity index (χ2n) is 6.39. The van der Waals surface area contributed by atoms with Crippen molar-refractivity contribution in [2.24, 2.45) is 7.05 Å². The number of esters is 1. The first kappa shape index (κ1) is 22.0. The molecule has 0 aliphatic carbocycles. The summed E-state index contributed by atoms with van der Waals surface area (Å²) in [5, 5.41) is 8.84. The minimum Gasteiger partial charge on any atom is -0.456 e. The number of rotatable bonds is 8. The molecule has 0 aliphatic heterocycles. The van der Waals surface area contributed by atoms with Crippen LogP contribution >= 0.6 is 0 Å². The fraction of sp³-hybridized carbons (Fsp3) is 0.368. The highest BCUT2D eigenvalue weighted by Crippen LogP contribution is 2.14. The number of anilines is 1. The molecule has 0 saturated heterocycles. The first-order valence-corrected chi connectivity index (χ1v) is 8.83. The second-order valence-corrected chi connectivity index (χ2v) is 6.39. The number of aryl methyl sites for hydroxylation is 2. The van der Waals surface area contributed by atoms with E-state index in [1.54, 1.807) is 4.68 Å². The van der Waals surface area contributed by atoms with Crippen LogP contribution in [0.3, 0.4) is 0 Å². The van der Waals surface area contributed by atoms with Crippen molar-refractivity contribution in [2.75, 3.05) is 18.5 Å². The van der Waals surface area contributed by atoms with Crippen molar-refractivity contribution in [1.82, 2.24) is 15.1 Å². The molecule has 0 unspecified atom stereocenters. The van der Waals surface area contributed by atoms with E-state index in [4.69, 9.17) is 4.74 Å². The minimum absolute atomic E-state index is 0.0514. The van der Waals surface area contributed by atoms with Gasteiger partial charge in [-0.3, -0.25) is 19.1 Å². The van der Waals surface area contributed by atoms with Crippen LogP contribution in [0.15, 0.2) is 18.2 Å². The molecule has 1 heterocycles. The van der Waals surface area contributed by atoms with Gasteiger partial charge in [-0.2, -0.15) is 5.10 Å². The molecular weight excluding hydrogens is 386 g/mol. The summed E-state index contributed by atoms with van der Waals surface area (Å²) in [4.78, 5) is 35.2. The number of benzene rings is 1. The van der Waals surface area contributed by atoms with Gasteiger partial charge in [0.05, 0.1) is 12.2 Å². The smallest absolute Gasteiger partial charge is 0.306 e. The zero-order chi connectivity index (χ0) is 21.6. The van der Waals surface area contributed by atoms with Crippen molar-refractivity contribution in [3.05, 3.63) is 46.8 Å². The molecule has 2 aromatic rings. The van der Waals surface area contributed by atoms with Crippen LogP contribution in [0.25, 0.3) is 0 Å². The monoisotopic (exact) mass is 408 g/mol. The SMILES string of the molecule is Cc1nn(C)c(C)c1CCC(=O)OCC(=O)NCC(=O)Nc1ccc(F)c(F)c1. The van der Waals surface area contributed by atoms with Gasteiger partial charge in [-0.05, 0) is 38.0 Å². The summed E-state index contributed by atoms with van der Waals surface area (Å²) in [6.07, 6.45) is 0.542. The highest BCUT2D eigenvalue weighted by Gasteiger charge is 2.14. The molecule has 10 heteroatoms. The predicted molar refractivity (Wildman–Crippen MR) is 100.0 cm³/mol. The summed E-state index contributed by atoms with van der Waals surface area (Å²) >= 11 is 0. The number of carbonyl (C=O) groups excluding carboxylic acids is 3. The van der Waals surface area contributed by atoms with Crippen molar-refractivity contribution in [2.45, 2.75) is 26.7 Å². The van der Waals surface area contributed by atoms with Gasteiger partial charge in [0, 0.05) is 30.9 Å². The predicted octanol–water partition coefficient (Wildman–Crippen LogP) is 1.55. The number of amides is 2. The Bertz CT molecular complexity index is 927. The van der Waals surface area contributed by atoms with Gasteiger partial charge in [0.25, 0.3) is 5.91 Å². The van der Waals surface area contributed by atoms with E-state index >= 15 is 0 Å². The molecule has 1 aromatic heterocycles. The van der Waals surface area contributed by atoms with Crippen LogP contribution < -0.4 is 10.6 Å². The summed E-state index contributed by atoms with van der Waals surface area (Å²) in [6, 6.07) is 2.88. The van der Waals surface area contributed by atoms with E-state index in [0.717, 1.165) is 29.1 Å². The van der Waals surface area contributed by atoms with Gasteiger partial charge in [0.2, 0.25) is 5.91 Å². The fourth-order valence-electron chi connectivity index (χ4n) is 2.63. The summed E-state index contributed by atoms with van der Waals surface area (Å²) in [5.74, 6) is -3.98. The Balaban J connectivity index is 1.68. The first-order valence-electron chi connectivity index (χ1n) is 8.83.